The number of unbranched alkanes of at least 4 members (excludes halogenated alkanes) is 9. The molecular weight excluding hydrogens is 307 g/mol. The first-order chi connectivity index (χ1) is 11.2. The monoisotopic (exact) mass is 334 g/mol. The van der Waals surface area contributed by atoms with Crippen molar-refractivity contribution in [2.75, 3.05) is 0 Å². The van der Waals surface area contributed by atoms with Crippen LogP contribution in [0.25, 0.3) is 0 Å². The van der Waals surface area contributed by atoms with E-state index in [0.29, 0.717) is 5.75 Å². The van der Waals surface area contributed by atoms with E-state index in [2.05, 4.69) is 23.3 Å². The summed E-state index contributed by atoms with van der Waals surface area (Å²) in [5, 5.41) is 0. The molecule has 23 heavy (non-hydrogen) atoms. The summed E-state index contributed by atoms with van der Waals surface area (Å²) in [6, 6.07) is 6.86. The van der Waals surface area contributed by atoms with Crippen LogP contribution in [-0.4, -0.2) is 0 Å². The van der Waals surface area contributed by atoms with Crippen LogP contribution < -0.4 is 9.42 Å². The van der Waals surface area contributed by atoms with Crippen LogP contribution in [0.2, 0.25) is 0 Å². The van der Waals surface area contributed by atoms with Gasteiger partial charge in [-0.3, -0.25) is 4.52 Å². The van der Waals surface area contributed by atoms with Crippen molar-refractivity contribution in [2.24, 2.45) is 0 Å². The topological polar surface area (TPSA) is 49.4 Å². The molecule has 1 aromatic carbocycles. The van der Waals surface area contributed by atoms with Crippen LogP contribution in [0.3, 0.4) is 0 Å². The van der Waals surface area contributed by atoms with Crippen LogP contribution in [0.5, 0.6) is 5.75 Å². The molecule has 1 unspecified atom stereocenters. The van der Waals surface area contributed by atoms with Crippen molar-refractivity contribution in [1.29, 1.82) is 0 Å². The molecule has 0 saturated heterocycles. The largest absolute Gasteiger partial charge is 0.558 e. The molecule has 0 bridgehead atoms. The first-order valence-corrected chi connectivity index (χ1v) is 9.73. The number of hydrogen-bond donors (Lipinski definition) is 0. The zero-order valence-electron chi connectivity index (χ0n) is 14.1. The van der Waals surface area contributed by atoms with Crippen molar-refractivity contribution >= 4 is 8.25 Å². The Labute approximate surface area is 141 Å². The second-order valence-corrected chi connectivity index (χ2v) is 6.35. The maximum absolute atomic E-state index is 10.5. The highest BCUT2D eigenvalue weighted by Crippen LogP contribution is 2.20. The Morgan fingerprint density at radius 3 is 2.35 bits per heavy atom. The number of benzene rings is 1. The van der Waals surface area contributed by atoms with Gasteiger partial charge in [-0.15, -0.1) is 0 Å². The van der Waals surface area contributed by atoms with E-state index in [-0.39, 0.29) is 0 Å². The van der Waals surface area contributed by atoms with Crippen LogP contribution in [-0.2, 0) is 4.57 Å². The number of hydrogen-bond acceptors (Lipinski definition) is 3. The van der Waals surface area contributed by atoms with E-state index in [0.717, 1.165) is 18.4 Å². The van der Waals surface area contributed by atoms with Gasteiger partial charge in [-0.2, -0.15) is 0 Å². The molecule has 4 heteroatoms. The summed E-state index contributed by atoms with van der Waals surface area (Å²) in [5.41, 5.74) is 0.787. The first-order valence-electron chi connectivity index (χ1n) is 8.63. The van der Waals surface area contributed by atoms with E-state index in [1.165, 1.54) is 51.4 Å². The van der Waals surface area contributed by atoms with Gasteiger partial charge in [0.05, 0.1) is 0 Å². The van der Waals surface area contributed by atoms with Gasteiger partial charge >= 0.3 is 8.25 Å². The summed E-state index contributed by atoms with van der Waals surface area (Å²) in [6.45, 7) is 2.25. The summed E-state index contributed by atoms with van der Waals surface area (Å²) >= 11 is 0. The van der Waals surface area contributed by atoms with Crippen molar-refractivity contribution in [3.05, 3.63) is 29.8 Å². The summed E-state index contributed by atoms with van der Waals surface area (Å²) in [4.78, 5) is 10.5. The molecule has 126 valence electrons. The van der Waals surface area contributed by atoms with Gasteiger partial charge in [0.2, 0.25) is 0 Å². The molecule has 0 aliphatic heterocycles. The van der Waals surface area contributed by atoms with Crippen LogP contribution in [0.1, 0.15) is 76.7 Å². The summed E-state index contributed by atoms with van der Waals surface area (Å²) in [7, 11) is -2.87. The van der Waals surface area contributed by atoms with Crippen molar-refractivity contribution in [3.63, 3.8) is 0 Å². The molecule has 0 radical (unpaired) electrons. The summed E-state index contributed by atoms with van der Waals surface area (Å²) in [5.74, 6) is 6.52. The highest BCUT2D eigenvalue weighted by Gasteiger charge is 2.04. The Bertz CT molecular complexity index is 517. The van der Waals surface area contributed by atoms with Crippen LogP contribution in [0.4, 0.5) is 0 Å². The van der Waals surface area contributed by atoms with Gasteiger partial charge in [0.25, 0.3) is 0 Å². The Morgan fingerprint density at radius 1 is 1.04 bits per heavy atom. The van der Waals surface area contributed by atoms with E-state index in [4.69, 9.17) is 0 Å². The third-order valence-corrected chi connectivity index (χ3v) is 4.01. The zero-order chi connectivity index (χ0) is 16.8. The van der Waals surface area contributed by atoms with Crippen molar-refractivity contribution in [1.82, 2.24) is 0 Å². The van der Waals surface area contributed by atoms with Crippen LogP contribution >= 0.6 is 8.25 Å². The van der Waals surface area contributed by atoms with E-state index < -0.39 is 8.25 Å². The van der Waals surface area contributed by atoms with Gasteiger partial charge in [0, 0.05) is 18.1 Å². The third kappa shape index (κ3) is 10.9. The molecule has 0 fully saturated rings. The van der Waals surface area contributed by atoms with Gasteiger partial charge in [-0.25, -0.2) is 0 Å². The quantitative estimate of drug-likeness (QED) is 0.311. The molecule has 0 N–H and O–H groups in total. The average molecular weight is 334 g/mol. The lowest BCUT2D eigenvalue weighted by Gasteiger charge is -2.00. The van der Waals surface area contributed by atoms with E-state index in [1.807, 2.05) is 6.07 Å². The lowest BCUT2D eigenvalue weighted by Crippen LogP contribution is -1.93. The lowest BCUT2D eigenvalue weighted by atomic mass is 10.1. The average Bonchev–Trinajstić information content (AvgIpc) is 2.52. The van der Waals surface area contributed by atoms with E-state index in [9.17, 15) is 9.46 Å². The highest BCUT2D eigenvalue weighted by atomic mass is 31.1. The SMILES string of the molecule is CCCCCCCCCCCC#Cc1cccc(O[P+](=O)[O-])c1. The predicted octanol–water partition coefficient (Wildman–Crippen LogP) is 5.36. The molecule has 0 aliphatic rings. The number of rotatable bonds is 11. The molecule has 1 aromatic rings. The molecule has 0 heterocycles. The second-order valence-electron chi connectivity index (χ2n) is 5.72. The minimum absolute atomic E-state index is 0.316. The van der Waals surface area contributed by atoms with Crippen molar-refractivity contribution in [3.8, 4) is 17.6 Å². The molecule has 0 aliphatic carbocycles. The third-order valence-electron chi connectivity index (χ3n) is 3.65. The van der Waals surface area contributed by atoms with Gasteiger partial charge in [-0.1, -0.05) is 76.2 Å². The molecule has 0 spiro atoms. The van der Waals surface area contributed by atoms with Gasteiger partial charge in [0.1, 0.15) is 0 Å². The summed E-state index contributed by atoms with van der Waals surface area (Å²) in [6.07, 6.45) is 12.7. The molecule has 1 atom stereocenters. The van der Waals surface area contributed by atoms with Crippen LogP contribution in [0.15, 0.2) is 24.3 Å². The molecule has 0 amide bonds. The fourth-order valence-corrected chi connectivity index (χ4v) is 2.69. The lowest BCUT2D eigenvalue weighted by molar-refractivity contribution is -0.178. The molecule has 0 saturated carbocycles. The standard InChI is InChI=1S/C19H27O3P/c1-2-3-4-5-6-7-8-9-10-11-12-14-18-15-13-16-19(17-18)22-23(20)21/h13,15-17H,2-11H2,1H3. The molecular formula is C19H27O3P. The van der Waals surface area contributed by atoms with Gasteiger partial charge < -0.3 is 4.89 Å². The smallest absolute Gasteiger partial charge is 0.539 e. The van der Waals surface area contributed by atoms with Crippen molar-refractivity contribution in [2.45, 2.75) is 71.1 Å². The fourth-order valence-electron chi connectivity index (χ4n) is 2.41. The van der Waals surface area contributed by atoms with Crippen LogP contribution in [0, 0.1) is 11.8 Å². The highest BCUT2D eigenvalue weighted by molar-refractivity contribution is 7.31. The zero-order valence-corrected chi connectivity index (χ0v) is 14.9. The molecule has 0 aromatic heterocycles. The van der Waals surface area contributed by atoms with Crippen molar-refractivity contribution < 1.29 is 14.0 Å². The minimum Gasteiger partial charge on any atom is -0.558 e. The summed E-state index contributed by atoms with van der Waals surface area (Å²) < 4.78 is 15.2. The van der Waals surface area contributed by atoms with E-state index in [1.54, 1.807) is 18.2 Å². The van der Waals surface area contributed by atoms with Gasteiger partial charge in [0.15, 0.2) is 5.75 Å². The molecule has 1 rings (SSSR count). The Kier molecular flexibility index (Phi) is 11.2. The minimum atomic E-state index is -2.87. The maximum atomic E-state index is 10.5. The van der Waals surface area contributed by atoms with E-state index >= 15 is 0 Å². The first kappa shape index (κ1) is 19.7. The normalized spacial score (nSPS) is 10.8. The van der Waals surface area contributed by atoms with Gasteiger partial charge in [-0.05, 0) is 23.1 Å². The maximum Gasteiger partial charge on any atom is 0.539 e. The Hall–Kier alpha value is -1.36. The Morgan fingerprint density at radius 2 is 1.70 bits per heavy atom. The Balaban J connectivity index is 2.12. The molecule has 3 nitrogen and oxygen atoms in total. The fraction of sp³-hybridized carbons (Fsp3) is 0.579. The predicted molar refractivity (Wildman–Crippen MR) is 93.4 cm³/mol. The second kappa shape index (κ2) is 13.1.